The number of nitrogens with zero attached hydrogens (tertiary/aromatic N) is 3. The van der Waals surface area contributed by atoms with Crippen LogP contribution < -0.4 is 15.4 Å². The van der Waals surface area contributed by atoms with E-state index in [9.17, 15) is 14.4 Å². The molecule has 2 N–H and O–H groups in total. The van der Waals surface area contributed by atoms with Gasteiger partial charge in [-0.1, -0.05) is 12.1 Å². The van der Waals surface area contributed by atoms with Crippen molar-refractivity contribution in [3.8, 4) is 5.75 Å². The third kappa shape index (κ3) is 6.55. The molecule has 0 bridgehead atoms. The molecule has 9 heteroatoms. The Bertz CT molecular complexity index is 1000. The zero-order chi connectivity index (χ0) is 24.7. The molecule has 1 saturated heterocycles. The lowest BCUT2D eigenvalue weighted by Crippen LogP contribution is -2.54. The van der Waals surface area contributed by atoms with Crippen molar-refractivity contribution >= 4 is 29.1 Å². The van der Waals surface area contributed by atoms with Gasteiger partial charge in [-0.25, -0.2) is 0 Å². The van der Waals surface area contributed by atoms with E-state index in [0.29, 0.717) is 29.2 Å². The predicted octanol–water partition coefficient (Wildman–Crippen LogP) is 1.98. The Morgan fingerprint density at radius 2 is 1.62 bits per heavy atom. The minimum atomic E-state index is -0.305. The molecule has 3 rings (SSSR count). The number of hydrogen-bond donors (Lipinski definition) is 2. The minimum Gasteiger partial charge on any atom is -0.495 e. The van der Waals surface area contributed by atoms with Gasteiger partial charge in [0.05, 0.1) is 25.4 Å². The molecule has 1 unspecified atom stereocenters. The number of benzene rings is 2. The fraction of sp³-hybridized carbons (Fsp3) is 0.400. The van der Waals surface area contributed by atoms with E-state index in [-0.39, 0.29) is 23.8 Å². The van der Waals surface area contributed by atoms with Crippen molar-refractivity contribution in [3.05, 3.63) is 54.1 Å². The SMILES string of the molecule is COc1ccccc1NC(=O)c1ccc(NC(=O)C(C)N2CCN(CC(=O)N(C)C)CC2)cc1. The molecule has 1 fully saturated rings. The maximum Gasteiger partial charge on any atom is 0.255 e. The lowest BCUT2D eigenvalue weighted by molar-refractivity contribution is -0.131. The molecule has 0 aliphatic carbocycles. The van der Waals surface area contributed by atoms with Crippen LogP contribution >= 0.6 is 0 Å². The number of nitrogens with one attached hydrogen (secondary N) is 2. The minimum absolute atomic E-state index is 0.0827. The van der Waals surface area contributed by atoms with Gasteiger partial charge >= 0.3 is 0 Å². The van der Waals surface area contributed by atoms with Crippen LogP contribution in [0.5, 0.6) is 5.75 Å². The smallest absolute Gasteiger partial charge is 0.255 e. The van der Waals surface area contributed by atoms with Crippen molar-refractivity contribution in [1.29, 1.82) is 0 Å². The second kappa shape index (κ2) is 11.6. The van der Waals surface area contributed by atoms with Crippen molar-refractivity contribution in [1.82, 2.24) is 14.7 Å². The largest absolute Gasteiger partial charge is 0.495 e. The van der Waals surface area contributed by atoms with Gasteiger partial charge < -0.3 is 20.3 Å². The average Bonchev–Trinajstić information content (AvgIpc) is 2.84. The van der Waals surface area contributed by atoms with Gasteiger partial charge in [0.25, 0.3) is 5.91 Å². The number of rotatable bonds is 8. The third-order valence-corrected chi connectivity index (χ3v) is 5.96. The van der Waals surface area contributed by atoms with Crippen LogP contribution in [0.4, 0.5) is 11.4 Å². The first-order chi connectivity index (χ1) is 16.3. The fourth-order valence-corrected chi connectivity index (χ4v) is 3.70. The van der Waals surface area contributed by atoms with Crippen LogP contribution in [0.25, 0.3) is 0 Å². The molecule has 0 spiro atoms. The van der Waals surface area contributed by atoms with Crippen LogP contribution in [0.2, 0.25) is 0 Å². The zero-order valence-corrected chi connectivity index (χ0v) is 20.2. The molecule has 0 saturated carbocycles. The Hall–Kier alpha value is -3.43. The van der Waals surface area contributed by atoms with Crippen LogP contribution in [-0.2, 0) is 9.59 Å². The van der Waals surface area contributed by atoms with Crippen molar-refractivity contribution < 1.29 is 19.1 Å². The zero-order valence-electron chi connectivity index (χ0n) is 20.2. The van der Waals surface area contributed by atoms with Gasteiger partial charge in [-0.15, -0.1) is 0 Å². The number of piperazine rings is 1. The summed E-state index contributed by atoms with van der Waals surface area (Å²) in [5.41, 5.74) is 1.69. The van der Waals surface area contributed by atoms with Crippen LogP contribution in [0, 0.1) is 0 Å². The van der Waals surface area contributed by atoms with Gasteiger partial charge in [-0.2, -0.15) is 0 Å². The summed E-state index contributed by atoms with van der Waals surface area (Å²) in [5.74, 6) is 0.295. The van der Waals surface area contributed by atoms with Gasteiger partial charge in [-0.3, -0.25) is 24.2 Å². The van der Waals surface area contributed by atoms with Crippen LogP contribution in [-0.4, -0.2) is 92.4 Å². The quantitative estimate of drug-likeness (QED) is 0.617. The van der Waals surface area contributed by atoms with E-state index >= 15 is 0 Å². The average molecular weight is 468 g/mol. The van der Waals surface area contributed by atoms with E-state index in [2.05, 4.69) is 20.4 Å². The molecule has 1 aliphatic heterocycles. The van der Waals surface area contributed by atoms with Gasteiger partial charge in [0, 0.05) is 51.5 Å². The van der Waals surface area contributed by atoms with Gasteiger partial charge in [0.1, 0.15) is 5.75 Å². The molecule has 1 aliphatic rings. The Morgan fingerprint density at radius 1 is 0.971 bits per heavy atom. The van der Waals surface area contributed by atoms with Crippen molar-refractivity contribution in [2.75, 3.05) is 64.6 Å². The third-order valence-electron chi connectivity index (χ3n) is 5.96. The number of carbonyl (C=O) groups excluding carboxylic acids is 3. The summed E-state index contributed by atoms with van der Waals surface area (Å²) >= 11 is 0. The number of anilines is 2. The molecule has 1 atom stereocenters. The topological polar surface area (TPSA) is 94.2 Å². The Labute approximate surface area is 200 Å². The van der Waals surface area contributed by atoms with Crippen molar-refractivity contribution in [2.45, 2.75) is 13.0 Å². The number of carbonyl (C=O) groups is 3. The predicted molar refractivity (Wildman–Crippen MR) is 132 cm³/mol. The van der Waals surface area contributed by atoms with E-state index in [0.717, 1.165) is 26.2 Å². The Morgan fingerprint density at radius 3 is 2.24 bits per heavy atom. The molecule has 0 aromatic heterocycles. The van der Waals surface area contributed by atoms with E-state index < -0.39 is 0 Å². The first-order valence-corrected chi connectivity index (χ1v) is 11.3. The summed E-state index contributed by atoms with van der Waals surface area (Å²) in [6.07, 6.45) is 0. The summed E-state index contributed by atoms with van der Waals surface area (Å²) in [6.45, 7) is 5.21. The van der Waals surface area contributed by atoms with Crippen LogP contribution in [0.1, 0.15) is 17.3 Å². The van der Waals surface area contributed by atoms with Crippen molar-refractivity contribution in [2.24, 2.45) is 0 Å². The molecule has 182 valence electrons. The molecule has 0 radical (unpaired) electrons. The number of methoxy groups -OCH3 is 1. The highest BCUT2D eigenvalue weighted by Gasteiger charge is 2.26. The normalized spacial score (nSPS) is 15.3. The molecule has 34 heavy (non-hydrogen) atoms. The summed E-state index contributed by atoms with van der Waals surface area (Å²) in [5, 5.41) is 5.76. The first kappa shape index (κ1) is 25.2. The highest BCUT2D eigenvalue weighted by Crippen LogP contribution is 2.24. The number of amides is 3. The Kier molecular flexibility index (Phi) is 8.61. The molecular weight excluding hydrogens is 434 g/mol. The van der Waals surface area contributed by atoms with Crippen molar-refractivity contribution in [3.63, 3.8) is 0 Å². The molecule has 2 aromatic carbocycles. The van der Waals surface area contributed by atoms with E-state index in [1.54, 1.807) is 62.5 Å². The van der Waals surface area contributed by atoms with E-state index in [4.69, 9.17) is 4.74 Å². The summed E-state index contributed by atoms with van der Waals surface area (Å²) in [4.78, 5) is 43.1. The van der Waals surface area contributed by atoms with Crippen LogP contribution in [0.15, 0.2) is 48.5 Å². The van der Waals surface area contributed by atoms with Crippen LogP contribution in [0.3, 0.4) is 0 Å². The van der Waals surface area contributed by atoms with E-state index in [1.807, 2.05) is 19.1 Å². The highest BCUT2D eigenvalue weighted by molar-refractivity contribution is 6.05. The lowest BCUT2D eigenvalue weighted by atomic mass is 10.1. The standard InChI is InChI=1S/C25H33N5O4/c1-18(30-15-13-29(14-16-30)17-23(31)28(2)3)24(32)26-20-11-9-19(10-12-20)25(33)27-21-7-5-6-8-22(21)34-4/h5-12,18H,13-17H2,1-4H3,(H,26,32)(H,27,33). The number of hydrogen-bond acceptors (Lipinski definition) is 6. The first-order valence-electron chi connectivity index (χ1n) is 11.3. The molecule has 1 heterocycles. The fourth-order valence-electron chi connectivity index (χ4n) is 3.70. The maximum atomic E-state index is 12.8. The monoisotopic (exact) mass is 467 g/mol. The highest BCUT2D eigenvalue weighted by atomic mass is 16.5. The van der Waals surface area contributed by atoms with Gasteiger partial charge in [-0.05, 0) is 43.3 Å². The number of para-hydroxylation sites is 2. The number of likely N-dealkylation sites (N-methyl/N-ethyl adjacent to an activating group) is 1. The Balaban J connectivity index is 1.50. The molecule has 3 amide bonds. The number of ether oxygens (including phenoxy) is 1. The molecular formula is C25H33N5O4. The lowest BCUT2D eigenvalue weighted by Gasteiger charge is -2.37. The van der Waals surface area contributed by atoms with Gasteiger partial charge in [0.2, 0.25) is 11.8 Å². The summed E-state index contributed by atoms with van der Waals surface area (Å²) in [7, 11) is 5.06. The molecule has 9 nitrogen and oxygen atoms in total. The van der Waals surface area contributed by atoms with E-state index in [1.165, 1.54) is 0 Å². The second-order valence-electron chi connectivity index (χ2n) is 8.50. The maximum absolute atomic E-state index is 12.8. The summed E-state index contributed by atoms with van der Waals surface area (Å²) < 4.78 is 5.26. The molecule has 2 aromatic rings. The summed E-state index contributed by atoms with van der Waals surface area (Å²) in [6, 6.07) is 13.7. The van der Waals surface area contributed by atoms with Gasteiger partial charge in [0.15, 0.2) is 0 Å². The second-order valence-corrected chi connectivity index (χ2v) is 8.50.